The van der Waals surface area contributed by atoms with Crippen LogP contribution < -0.4 is 10.2 Å². The lowest BCUT2D eigenvalue weighted by molar-refractivity contribution is -0.253. The summed E-state index contributed by atoms with van der Waals surface area (Å²) in [6.45, 7) is 2.85. The van der Waals surface area contributed by atoms with Gasteiger partial charge in [-0.15, -0.1) is 0 Å². The number of hydrogen-bond acceptors (Lipinski definition) is 8. The molecule has 254 valence electrons. The first-order chi connectivity index (χ1) is 23.8. The average Bonchev–Trinajstić information content (AvgIpc) is 3.42. The second kappa shape index (κ2) is 15.6. The summed E-state index contributed by atoms with van der Waals surface area (Å²) in [5, 5.41) is 12.1. The van der Waals surface area contributed by atoms with E-state index in [-0.39, 0.29) is 37.9 Å². The molecule has 0 saturated carbocycles. The van der Waals surface area contributed by atoms with Crippen LogP contribution >= 0.6 is 0 Å². The molecule has 4 aromatic carbocycles. The Balaban J connectivity index is 1.14. The number of aliphatic hydroxyl groups excluding tert-OH is 1. The fourth-order valence-electron chi connectivity index (χ4n) is 6.20. The third-order valence-corrected chi connectivity index (χ3v) is 9.12. The minimum atomic E-state index is -1.02. The molecule has 10 heteroatoms. The summed E-state index contributed by atoms with van der Waals surface area (Å²) < 4.78 is 18.3. The van der Waals surface area contributed by atoms with Gasteiger partial charge in [0.05, 0.1) is 30.9 Å². The average molecular weight is 664 g/mol. The molecule has 4 aromatic rings. The fraction of sp³-hybridized carbons (Fsp3) is 0.308. The molecule has 0 bridgehead atoms. The molecule has 49 heavy (non-hydrogen) atoms. The molecule has 2 heterocycles. The number of amides is 3. The van der Waals surface area contributed by atoms with E-state index >= 15 is 0 Å². The van der Waals surface area contributed by atoms with Crippen LogP contribution in [-0.2, 0) is 37.0 Å². The van der Waals surface area contributed by atoms with Crippen molar-refractivity contribution in [1.29, 1.82) is 0 Å². The monoisotopic (exact) mass is 663 g/mol. The Bertz CT molecular complexity index is 1720. The summed E-state index contributed by atoms with van der Waals surface area (Å²) in [7, 11) is 2.08. The van der Waals surface area contributed by atoms with Crippen LogP contribution in [-0.4, -0.2) is 53.7 Å². The van der Waals surface area contributed by atoms with Crippen LogP contribution in [0.3, 0.4) is 0 Å². The van der Waals surface area contributed by atoms with Crippen LogP contribution in [0, 0.1) is 0 Å². The molecule has 5 unspecified atom stereocenters. The number of alkyl carbamates (subject to hydrolysis) is 1. The second-order valence-corrected chi connectivity index (χ2v) is 12.5. The standard InChI is InChI=1S/C39H41N3O7/c1-26(29-11-7-4-8-12-29)41(2)23-33-21-35(30-15-13-27(24-43)14-16-30)49-38(48-33)31-17-19-32(20-18-31)42-36(44)22-34(37(42)45)40-39(46)47-25-28-9-5-3-6-10-28/h3-20,26,33-35,38,43H,21-25H2,1-2H3,(H,40,46). The summed E-state index contributed by atoms with van der Waals surface area (Å²) in [6.07, 6.45) is -1.41. The van der Waals surface area contributed by atoms with Crippen LogP contribution in [0.15, 0.2) is 109 Å². The molecule has 0 aliphatic carbocycles. The van der Waals surface area contributed by atoms with Gasteiger partial charge in [-0.1, -0.05) is 97.1 Å². The minimum Gasteiger partial charge on any atom is -0.445 e. The van der Waals surface area contributed by atoms with Crippen molar-refractivity contribution in [3.63, 3.8) is 0 Å². The zero-order valence-electron chi connectivity index (χ0n) is 27.6. The van der Waals surface area contributed by atoms with E-state index in [1.807, 2.05) is 72.8 Å². The number of carbonyl (C=O) groups is 3. The first-order valence-electron chi connectivity index (χ1n) is 16.5. The zero-order valence-corrected chi connectivity index (χ0v) is 27.6. The molecule has 2 fully saturated rings. The predicted octanol–water partition coefficient (Wildman–Crippen LogP) is 5.98. The first kappa shape index (κ1) is 34.0. The lowest BCUT2D eigenvalue weighted by Crippen LogP contribution is -2.42. The maximum atomic E-state index is 13.2. The molecular formula is C39H41N3O7. The van der Waals surface area contributed by atoms with Gasteiger partial charge in [0.2, 0.25) is 5.91 Å². The topological polar surface area (TPSA) is 118 Å². The number of benzene rings is 4. The van der Waals surface area contributed by atoms with E-state index in [9.17, 15) is 19.5 Å². The van der Waals surface area contributed by atoms with Crippen LogP contribution in [0.4, 0.5) is 10.5 Å². The van der Waals surface area contributed by atoms with E-state index in [1.54, 1.807) is 24.3 Å². The normalized spacial score (nSPS) is 21.5. The van der Waals surface area contributed by atoms with Gasteiger partial charge < -0.3 is 24.6 Å². The van der Waals surface area contributed by atoms with E-state index in [0.717, 1.165) is 27.2 Å². The van der Waals surface area contributed by atoms with Crippen LogP contribution in [0.25, 0.3) is 0 Å². The van der Waals surface area contributed by atoms with E-state index in [2.05, 4.69) is 36.3 Å². The van der Waals surface area contributed by atoms with Gasteiger partial charge in [0.25, 0.3) is 5.91 Å². The number of nitrogens with one attached hydrogen (secondary N) is 1. The van der Waals surface area contributed by atoms with Gasteiger partial charge in [-0.25, -0.2) is 9.69 Å². The number of rotatable bonds is 11. The lowest BCUT2D eigenvalue weighted by Gasteiger charge is -2.39. The number of likely N-dealkylation sites (N-methyl/N-ethyl adjacent to an activating group) is 1. The Morgan fingerprint density at radius 1 is 0.898 bits per heavy atom. The van der Waals surface area contributed by atoms with Crippen molar-refractivity contribution < 1.29 is 33.7 Å². The highest BCUT2D eigenvalue weighted by Gasteiger charge is 2.41. The Kier molecular flexibility index (Phi) is 10.8. The Hall–Kier alpha value is -4.87. The number of nitrogens with zero attached hydrogens (tertiary/aromatic N) is 2. The zero-order chi connectivity index (χ0) is 34.3. The maximum absolute atomic E-state index is 13.2. The van der Waals surface area contributed by atoms with Crippen molar-refractivity contribution in [2.45, 2.75) is 63.6 Å². The van der Waals surface area contributed by atoms with Crippen molar-refractivity contribution in [3.8, 4) is 0 Å². The molecule has 0 radical (unpaired) electrons. The van der Waals surface area contributed by atoms with Crippen molar-refractivity contribution in [1.82, 2.24) is 10.2 Å². The molecule has 2 aliphatic heterocycles. The molecule has 0 aromatic heterocycles. The molecule has 2 aliphatic rings. The van der Waals surface area contributed by atoms with Gasteiger partial charge in [-0.2, -0.15) is 0 Å². The molecule has 5 atom stereocenters. The molecule has 0 spiro atoms. The van der Waals surface area contributed by atoms with Gasteiger partial charge >= 0.3 is 6.09 Å². The van der Waals surface area contributed by atoms with Crippen LogP contribution in [0.2, 0.25) is 0 Å². The van der Waals surface area contributed by atoms with Gasteiger partial charge in [0.15, 0.2) is 6.29 Å². The van der Waals surface area contributed by atoms with E-state index in [4.69, 9.17) is 14.2 Å². The number of anilines is 1. The summed E-state index contributed by atoms with van der Waals surface area (Å²) in [5.74, 6) is -0.945. The van der Waals surface area contributed by atoms with Crippen LogP contribution in [0.1, 0.15) is 66.0 Å². The predicted molar refractivity (Wildman–Crippen MR) is 183 cm³/mol. The number of ether oxygens (including phenoxy) is 3. The van der Waals surface area contributed by atoms with Crippen molar-refractivity contribution in [2.75, 3.05) is 18.5 Å². The minimum absolute atomic E-state index is 0.0359. The number of carbonyl (C=O) groups excluding carboxylic acids is 3. The molecule has 2 saturated heterocycles. The Morgan fingerprint density at radius 3 is 2.22 bits per heavy atom. The highest BCUT2D eigenvalue weighted by molar-refractivity contribution is 6.22. The largest absolute Gasteiger partial charge is 0.445 e. The summed E-state index contributed by atoms with van der Waals surface area (Å²) >= 11 is 0. The first-order valence-corrected chi connectivity index (χ1v) is 16.5. The van der Waals surface area contributed by atoms with Gasteiger partial charge in [-0.05, 0) is 48.4 Å². The summed E-state index contributed by atoms with van der Waals surface area (Å²) in [6, 6.07) is 33.4. The van der Waals surface area contributed by atoms with E-state index < -0.39 is 30.2 Å². The summed E-state index contributed by atoms with van der Waals surface area (Å²) in [5.41, 5.74) is 4.96. The van der Waals surface area contributed by atoms with E-state index in [0.29, 0.717) is 18.7 Å². The molecule has 6 rings (SSSR count). The van der Waals surface area contributed by atoms with E-state index in [1.165, 1.54) is 5.56 Å². The Morgan fingerprint density at radius 2 is 1.55 bits per heavy atom. The van der Waals surface area contributed by atoms with Gasteiger partial charge in [-0.3, -0.25) is 14.5 Å². The third-order valence-electron chi connectivity index (χ3n) is 9.12. The van der Waals surface area contributed by atoms with Gasteiger partial charge in [0, 0.05) is 24.6 Å². The summed E-state index contributed by atoms with van der Waals surface area (Å²) in [4.78, 5) is 41.9. The quantitative estimate of drug-likeness (QED) is 0.189. The van der Waals surface area contributed by atoms with Crippen LogP contribution in [0.5, 0.6) is 0 Å². The number of aliphatic hydroxyl groups is 1. The SMILES string of the molecule is CC(c1ccccc1)N(C)CC1CC(c2ccc(CO)cc2)OC(c2ccc(N3C(=O)CC(NC(=O)OCc4ccccc4)C3=O)cc2)O1. The molecule has 2 N–H and O–H groups in total. The fourth-order valence-corrected chi connectivity index (χ4v) is 6.20. The smallest absolute Gasteiger partial charge is 0.408 e. The molecule has 10 nitrogen and oxygen atoms in total. The number of hydrogen-bond donors (Lipinski definition) is 2. The third kappa shape index (κ3) is 8.23. The number of imide groups is 1. The highest BCUT2D eigenvalue weighted by atomic mass is 16.7. The maximum Gasteiger partial charge on any atom is 0.408 e. The molecular weight excluding hydrogens is 622 g/mol. The Labute approximate surface area is 286 Å². The lowest BCUT2D eigenvalue weighted by atomic mass is 9.99. The van der Waals surface area contributed by atoms with Crippen molar-refractivity contribution in [2.24, 2.45) is 0 Å². The second-order valence-electron chi connectivity index (χ2n) is 12.5. The molecule has 3 amide bonds. The highest BCUT2D eigenvalue weighted by Crippen LogP contribution is 2.39. The van der Waals surface area contributed by atoms with Crippen molar-refractivity contribution in [3.05, 3.63) is 137 Å². The van der Waals surface area contributed by atoms with Gasteiger partial charge in [0.1, 0.15) is 12.6 Å². The van der Waals surface area contributed by atoms with Crippen molar-refractivity contribution >= 4 is 23.6 Å².